The molecule has 0 saturated carbocycles. The van der Waals surface area contributed by atoms with Gasteiger partial charge in [-0.1, -0.05) is 0 Å². The SMILES string of the molecule is NNC(c1csc(I)c1)C1CCOC2(CCSC2)C1. The van der Waals surface area contributed by atoms with Gasteiger partial charge in [0.1, 0.15) is 0 Å². The fourth-order valence-electron chi connectivity index (χ4n) is 3.20. The van der Waals surface area contributed by atoms with Crippen molar-refractivity contribution in [2.45, 2.75) is 30.9 Å². The minimum Gasteiger partial charge on any atom is -0.374 e. The number of hydrogen-bond donors (Lipinski definition) is 2. The number of thiophene rings is 1. The average Bonchev–Trinajstić information content (AvgIpc) is 3.01. The number of hydrazine groups is 1. The van der Waals surface area contributed by atoms with Crippen molar-refractivity contribution in [3.05, 3.63) is 19.9 Å². The number of rotatable bonds is 3. The maximum atomic E-state index is 6.10. The average molecular weight is 410 g/mol. The molecule has 2 fully saturated rings. The van der Waals surface area contributed by atoms with Crippen LogP contribution in [0.1, 0.15) is 30.9 Å². The van der Waals surface area contributed by atoms with Gasteiger partial charge in [-0.3, -0.25) is 11.3 Å². The van der Waals surface area contributed by atoms with Crippen molar-refractivity contribution in [1.29, 1.82) is 0 Å². The van der Waals surface area contributed by atoms with Crippen LogP contribution in [0.4, 0.5) is 0 Å². The van der Waals surface area contributed by atoms with Crippen LogP contribution in [-0.4, -0.2) is 23.7 Å². The highest BCUT2D eigenvalue weighted by Crippen LogP contribution is 2.44. The lowest BCUT2D eigenvalue weighted by molar-refractivity contribution is -0.0854. The van der Waals surface area contributed by atoms with E-state index in [1.165, 1.54) is 20.6 Å². The van der Waals surface area contributed by atoms with Gasteiger partial charge in [-0.15, -0.1) is 11.3 Å². The van der Waals surface area contributed by atoms with Crippen molar-refractivity contribution in [1.82, 2.24) is 5.43 Å². The molecule has 0 aromatic carbocycles. The van der Waals surface area contributed by atoms with E-state index in [1.807, 2.05) is 11.8 Å². The van der Waals surface area contributed by atoms with Crippen molar-refractivity contribution in [2.24, 2.45) is 11.8 Å². The monoisotopic (exact) mass is 410 g/mol. The van der Waals surface area contributed by atoms with E-state index in [-0.39, 0.29) is 11.6 Å². The molecular weight excluding hydrogens is 391 g/mol. The Bertz CT molecular complexity index is 434. The van der Waals surface area contributed by atoms with Crippen LogP contribution >= 0.6 is 45.7 Å². The number of nitrogens with one attached hydrogen (secondary N) is 1. The van der Waals surface area contributed by atoms with E-state index in [1.54, 1.807) is 11.3 Å². The summed E-state index contributed by atoms with van der Waals surface area (Å²) in [6.45, 7) is 0.880. The van der Waals surface area contributed by atoms with Gasteiger partial charge in [0.05, 0.1) is 8.48 Å². The zero-order valence-electron chi connectivity index (χ0n) is 10.7. The number of nitrogens with two attached hydrogens (primary N) is 1. The first-order valence-corrected chi connectivity index (χ1v) is 9.75. The molecule has 19 heavy (non-hydrogen) atoms. The number of thioether (sulfide) groups is 1. The highest BCUT2D eigenvalue weighted by Gasteiger charge is 2.42. The van der Waals surface area contributed by atoms with Crippen LogP contribution in [0.2, 0.25) is 0 Å². The summed E-state index contributed by atoms with van der Waals surface area (Å²) < 4.78 is 7.43. The predicted molar refractivity (Wildman–Crippen MR) is 90.4 cm³/mol. The molecule has 6 heteroatoms. The second kappa shape index (κ2) is 6.19. The Balaban J connectivity index is 1.76. The van der Waals surface area contributed by atoms with E-state index in [9.17, 15) is 0 Å². The molecule has 2 aliphatic rings. The highest BCUT2D eigenvalue weighted by atomic mass is 127. The Morgan fingerprint density at radius 3 is 3.11 bits per heavy atom. The Hall–Kier alpha value is 0.660. The molecule has 0 radical (unpaired) electrons. The maximum absolute atomic E-state index is 6.10. The number of halogens is 1. The van der Waals surface area contributed by atoms with Gasteiger partial charge >= 0.3 is 0 Å². The first-order valence-electron chi connectivity index (χ1n) is 6.64. The fourth-order valence-corrected chi connectivity index (χ4v) is 5.99. The third-order valence-electron chi connectivity index (χ3n) is 4.20. The van der Waals surface area contributed by atoms with Crippen molar-refractivity contribution < 1.29 is 4.74 Å². The summed E-state index contributed by atoms with van der Waals surface area (Å²) in [6, 6.07) is 2.52. The van der Waals surface area contributed by atoms with Gasteiger partial charge in [0.2, 0.25) is 0 Å². The zero-order chi connectivity index (χ0) is 13.3. The molecular formula is C13H19IN2OS2. The third-order valence-corrected chi connectivity index (χ3v) is 7.23. The molecule has 2 aliphatic heterocycles. The van der Waals surface area contributed by atoms with E-state index < -0.39 is 0 Å². The second-order valence-corrected chi connectivity index (χ2v) is 9.33. The topological polar surface area (TPSA) is 47.3 Å². The van der Waals surface area contributed by atoms with Crippen LogP contribution in [0.5, 0.6) is 0 Å². The molecule has 3 heterocycles. The molecule has 3 rings (SSSR count). The minimum atomic E-state index is 0.131. The summed E-state index contributed by atoms with van der Waals surface area (Å²) in [4.78, 5) is 0. The zero-order valence-corrected chi connectivity index (χ0v) is 14.5. The van der Waals surface area contributed by atoms with Gasteiger partial charge in [-0.25, -0.2) is 0 Å². The molecule has 0 amide bonds. The molecule has 3 nitrogen and oxygen atoms in total. The Morgan fingerprint density at radius 2 is 2.47 bits per heavy atom. The quantitative estimate of drug-likeness (QED) is 0.457. The van der Waals surface area contributed by atoms with Crippen molar-refractivity contribution in [3.8, 4) is 0 Å². The lowest BCUT2D eigenvalue weighted by Crippen LogP contribution is -2.45. The Kier molecular flexibility index (Phi) is 4.75. The van der Waals surface area contributed by atoms with E-state index in [2.05, 4.69) is 39.5 Å². The molecule has 1 spiro atoms. The first kappa shape index (κ1) is 14.6. The largest absolute Gasteiger partial charge is 0.374 e. The lowest BCUT2D eigenvalue weighted by Gasteiger charge is -2.40. The first-order chi connectivity index (χ1) is 9.22. The van der Waals surface area contributed by atoms with Gasteiger partial charge in [0.25, 0.3) is 0 Å². The summed E-state index contributed by atoms with van der Waals surface area (Å²) in [5.74, 6) is 8.82. The normalized spacial score (nSPS) is 32.8. The van der Waals surface area contributed by atoms with E-state index in [0.29, 0.717) is 5.92 Å². The summed E-state index contributed by atoms with van der Waals surface area (Å²) in [5, 5.41) is 2.23. The predicted octanol–water partition coefficient (Wildman–Crippen LogP) is 3.16. The summed E-state index contributed by atoms with van der Waals surface area (Å²) in [7, 11) is 0. The van der Waals surface area contributed by atoms with E-state index in [4.69, 9.17) is 10.6 Å². The Labute approximate surface area is 136 Å². The Morgan fingerprint density at radius 1 is 1.58 bits per heavy atom. The van der Waals surface area contributed by atoms with Crippen LogP contribution in [0.25, 0.3) is 0 Å². The summed E-state index contributed by atoms with van der Waals surface area (Å²) in [6.07, 6.45) is 3.45. The van der Waals surface area contributed by atoms with Crippen molar-refractivity contribution >= 4 is 45.7 Å². The van der Waals surface area contributed by atoms with E-state index in [0.717, 1.165) is 25.2 Å². The second-order valence-electron chi connectivity index (χ2n) is 5.42. The van der Waals surface area contributed by atoms with Crippen LogP contribution < -0.4 is 11.3 Å². The van der Waals surface area contributed by atoms with Crippen LogP contribution in [-0.2, 0) is 4.74 Å². The standard InChI is InChI=1S/C13H19IN2OS2/c14-11-5-10(7-19-11)12(16-15)9-1-3-17-13(6-9)2-4-18-8-13/h5,7,9,12,16H,1-4,6,8,15H2. The van der Waals surface area contributed by atoms with Gasteiger partial charge < -0.3 is 4.74 Å². The molecule has 0 aliphatic carbocycles. The molecule has 0 bridgehead atoms. The van der Waals surface area contributed by atoms with Gasteiger partial charge in [0, 0.05) is 18.4 Å². The molecule has 1 aromatic heterocycles. The molecule has 3 unspecified atom stereocenters. The lowest BCUT2D eigenvalue weighted by atomic mass is 9.80. The fraction of sp³-hybridized carbons (Fsp3) is 0.692. The maximum Gasteiger partial charge on any atom is 0.0783 e. The van der Waals surface area contributed by atoms with Gasteiger partial charge in [-0.2, -0.15) is 11.8 Å². The van der Waals surface area contributed by atoms with Gasteiger partial charge in [0.15, 0.2) is 0 Å². The molecule has 1 aromatic rings. The number of hydrogen-bond acceptors (Lipinski definition) is 5. The summed E-state index contributed by atoms with van der Waals surface area (Å²) in [5.41, 5.74) is 4.52. The van der Waals surface area contributed by atoms with E-state index >= 15 is 0 Å². The van der Waals surface area contributed by atoms with Gasteiger partial charge in [-0.05, 0) is 70.5 Å². The van der Waals surface area contributed by atoms with Crippen LogP contribution in [0, 0.1) is 8.80 Å². The molecule has 2 saturated heterocycles. The van der Waals surface area contributed by atoms with Crippen LogP contribution in [0.15, 0.2) is 11.4 Å². The van der Waals surface area contributed by atoms with Crippen molar-refractivity contribution in [2.75, 3.05) is 18.1 Å². The smallest absolute Gasteiger partial charge is 0.0783 e. The molecule has 3 atom stereocenters. The third kappa shape index (κ3) is 3.13. The molecule has 106 valence electrons. The van der Waals surface area contributed by atoms with Crippen LogP contribution in [0.3, 0.4) is 0 Å². The molecule has 3 N–H and O–H groups in total. The number of ether oxygens (including phenoxy) is 1. The summed E-state index contributed by atoms with van der Waals surface area (Å²) >= 11 is 6.19. The van der Waals surface area contributed by atoms with Crippen molar-refractivity contribution in [3.63, 3.8) is 0 Å². The minimum absolute atomic E-state index is 0.131. The highest BCUT2D eigenvalue weighted by molar-refractivity contribution is 14.1.